The fourth-order valence-electron chi connectivity index (χ4n) is 2.41. The highest BCUT2D eigenvalue weighted by molar-refractivity contribution is 6.35. The molecule has 0 spiro atoms. The summed E-state index contributed by atoms with van der Waals surface area (Å²) in [5, 5.41) is 0.942. The van der Waals surface area contributed by atoms with Crippen molar-refractivity contribution in [1.29, 1.82) is 0 Å². The Hall–Kier alpha value is -0.970. The van der Waals surface area contributed by atoms with Gasteiger partial charge in [0, 0.05) is 18.2 Å². The van der Waals surface area contributed by atoms with Crippen LogP contribution in [0.1, 0.15) is 19.8 Å². The lowest BCUT2D eigenvalue weighted by Gasteiger charge is -2.24. The van der Waals surface area contributed by atoms with E-state index in [9.17, 15) is 4.79 Å². The summed E-state index contributed by atoms with van der Waals surface area (Å²) in [6.45, 7) is 3.93. The molecule has 1 heterocycles. The van der Waals surface area contributed by atoms with E-state index in [1.165, 1.54) is 0 Å². The van der Waals surface area contributed by atoms with Crippen molar-refractivity contribution in [2.75, 3.05) is 26.4 Å². The van der Waals surface area contributed by atoms with Crippen molar-refractivity contribution >= 4 is 29.1 Å². The van der Waals surface area contributed by atoms with Gasteiger partial charge in [-0.1, -0.05) is 23.2 Å². The maximum absolute atomic E-state index is 12.2. The van der Waals surface area contributed by atoms with Crippen molar-refractivity contribution in [3.63, 3.8) is 0 Å². The van der Waals surface area contributed by atoms with Gasteiger partial charge in [-0.15, -0.1) is 0 Å². The second-order valence-electron chi connectivity index (χ2n) is 4.91. The Morgan fingerprint density at radius 1 is 1.43 bits per heavy atom. The minimum Gasteiger partial charge on any atom is -0.482 e. The zero-order valence-electron chi connectivity index (χ0n) is 12.0. The Labute approximate surface area is 134 Å². The second-order valence-corrected chi connectivity index (χ2v) is 5.75. The Morgan fingerprint density at radius 3 is 2.95 bits per heavy atom. The number of carbonyl (C=O) groups is 1. The van der Waals surface area contributed by atoms with Gasteiger partial charge in [-0.3, -0.25) is 4.79 Å². The number of carbonyl (C=O) groups excluding carboxylic acids is 1. The van der Waals surface area contributed by atoms with Gasteiger partial charge in [-0.05, 0) is 38.0 Å². The monoisotopic (exact) mass is 331 g/mol. The minimum atomic E-state index is -0.0387. The summed E-state index contributed by atoms with van der Waals surface area (Å²) >= 11 is 11.8. The lowest BCUT2D eigenvalue weighted by Crippen LogP contribution is -2.41. The van der Waals surface area contributed by atoms with E-state index >= 15 is 0 Å². The zero-order valence-corrected chi connectivity index (χ0v) is 13.5. The Bertz CT molecular complexity index is 496. The van der Waals surface area contributed by atoms with Crippen LogP contribution in [-0.2, 0) is 9.53 Å². The number of amides is 1. The number of benzene rings is 1. The van der Waals surface area contributed by atoms with Gasteiger partial charge in [-0.25, -0.2) is 0 Å². The third-order valence-corrected chi connectivity index (χ3v) is 3.99. The molecule has 1 aliphatic rings. The molecule has 0 aromatic heterocycles. The summed E-state index contributed by atoms with van der Waals surface area (Å²) in [7, 11) is 0. The quantitative estimate of drug-likeness (QED) is 0.801. The molecule has 1 aromatic carbocycles. The van der Waals surface area contributed by atoms with Crippen molar-refractivity contribution in [3.8, 4) is 5.75 Å². The third kappa shape index (κ3) is 4.50. The largest absolute Gasteiger partial charge is 0.482 e. The van der Waals surface area contributed by atoms with Crippen LogP contribution in [-0.4, -0.2) is 43.2 Å². The van der Waals surface area contributed by atoms with Crippen molar-refractivity contribution in [1.82, 2.24) is 4.90 Å². The fourth-order valence-corrected chi connectivity index (χ4v) is 2.87. The molecule has 1 saturated heterocycles. The summed E-state index contributed by atoms with van der Waals surface area (Å²) < 4.78 is 10.9. The van der Waals surface area contributed by atoms with Gasteiger partial charge in [0.15, 0.2) is 6.61 Å². The van der Waals surface area contributed by atoms with Crippen LogP contribution >= 0.6 is 23.2 Å². The number of likely N-dealkylation sites (tertiary alicyclic amines) is 1. The van der Waals surface area contributed by atoms with Crippen LogP contribution in [0.15, 0.2) is 18.2 Å². The van der Waals surface area contributed by atoms with Crippen molar-refractivity contribution in [2.24, 2.45) is 0 Å². The summed E-state index contributed by atoms with van der Waals surface area (Å²) in [4.78, 5) is 14.1. The number of halogens is 2. The molecule has 0 radical (unpaired) electrons. The van der Waals surface area contributed by atoms with Crippen LogP contribution < -0.4 is 4.74 Å². The summed E-state index contributed by atoms with van der Waals surface area (Å²) in [6, 6.07) is 5.10. The maximum atomic E-state index is 12.2. The molecular formula is C15H19Cl2NO3. The van der Waals surface area contributed by atoms with Crippen LogP contribution in [0.4, 0.5) is 0 Å². The number of hydrogen-bond donors (Lipinski definition) is 0. The highest BCUT2D eigenvalue weighted by Gasteiger charge is 2.28. The zero-order chi connectivity index (χ0) is 15.2. The maximum Gasteiger partial charge on any atom is 0.260 e. The molecule has 0 saturated carbocycles. The van der Waals surface area contributed by atoms with Gasteiger partial charge in [0.2, 0.25) is 0 Å². The molecule has 0 bridgehead atoms. The average molecular weight is 332 g/mol. The van der Waals surface area contributed by atoms with E-state index in [-0.39, 0.29) is 18.6 Å². The van der Waals surface area contributed by atoms with E-state index in [0.717, 1.165) is 19.4 Å². The topological polar surface area (TPSA) is 38.8 Å². The lowest BCUT2D eigenvalue weighted by atomic mass is 10.2. The highest BCUT2D eigenvalue weighted by Crippen LogP contribution is 2.27. The predicted molar refractivity (Wildman–Crippen MR) is 83.2 cm³/mol. The SMILES string of the molecule is CCOC[C@@H]1CCCN1C(=O)COc1ccc(Cl)cc1Cl. The molecule has 0 aliphatic carbocycles. The van der Waals surface area contributed by atoms with Crippen molar-refractivity contribution in [2.45, 2.75) is 25.8 Å². The number of hydrogen-bond acceptors (Lipinski definition) is 3. The van der Waals surface area contributed by atoms with E-state index in [0.29, 0.717) is 29.0 Å². The molecule has 1 aliphatic heterocycles. The normalized spacial score (nSPS) is 18.0. The number of nitrogens with zero attached hydrogens (tertiary/aromatic N) is 1. The van der Waals surface area contributed by atoms with Gasteiger partial charge >= 0.3 is 0 Å². The first-order chi connectivity index (χ1) is 10.1. The average Bonchev–Trinajstić information content (AvgIpc) is 2.92. The minimum absolute atomic E-state index is 0.0238. The van der Waals surface area contributed by atoms with Gasteiger partial charge < -0.3 is 14.4 Å². The van der Waals surface area contributed by atoms with Gasteiger partial charge in [0.25, 0.3) is 5.91 Å². The molecule has 0 unspecified atom stereocenters. The van der Waals surface area contributed by atoms with Crippen molar-refractivity contribution in [3.05, 3.63) is 28.2 Å². The molecule has 2 rings (SSSR count). The Kier molecular flexibility index (Phi) is 6.15. The number of rotatable bonds is 6. The first-order valence-corrected chi connectivity index (χ1v) is 7.82. The van der Waals surface area contributed by atoms with Crippen LogP contribution in [0, 0.1) is 0 Å². The van der Waals surface area contributed by atoms with Gasteiger partial charge in [-0.2, -0.15) is 0 Å². The second kappa shape index (κ2) is 7.87. The smallest absolute Gasteiger partial charge is 0.260 e. The predicted octanol–water partition coefficient (Wildman–Crippen LogP) is 3.40. The lowest BCUT2D eigenvalue weighted by molar-refractivity contribution is -0.135. The number of ether oxygens (including phenoxy) is 2. The molecule has 1 amide bonds. The van der Waals surface area contributed by atoms with Crippen LogP contribution in [0.25, 0.3) is 0 Å². The fraction of sp³-hybridized carbons (Fsp3) is 0.533. The van der Waals surface area contributed by atoms with Gasteiger partial charge in [0.1, 0.15) is 5.75 Å². The van der Waals surface area contributed by atoms with E-state index in [2.05, 4.69) is 0 Å². The summed E-state index contributed by atoms with van der Waals surface area (Å²) in [5.74, 6) is 0.429. The standard InChI is InChI=1S/C15H19Cl2NO3/c1-2-20-9-12-4-3-7-18(12)15(19)10-21-14-6-5-11(16)8-13(14)17/h5-6,8,12H,2-4,7,9-10H2,1H3/t12-/m0/s1. The van der Waals surface area contributed by atoms with Gasteiger partial charge in [0.05, 0.1) is 17.7 Å². The van der Waals surface area contributed by atoms with E-state index in [1.807, 2.05) is 11.8 Å². The summed E-state index contributed by atoms with van der Waals surface area (Å²) in [5.41, 5.74) is 0. The van der Waals surface area contributed by atoms with Crippen molar-refractivity contribution < 1.29 is 14.3 Å². The van der Waals surface area contributed by atoms with E-state index in [4.69, 9.17) is 32.7 Å². The molecule has 1 aromatic rings. The first-order valence-electron chi connectivity index (χ1n) is 7.07. The Balaban J connectivity index is 1.88. The Morgan fingerprint density at radius 2 is 2.24 bits per heavy atom. The summed E-state index contributed by atoms with van der Waals surface area (Å²) in [6.07, 6.45) is 1.98. The van der Waals surface area contributed by atoms with Crippen LogP contribution in [0.2, 0.25) is 10.0 Å². The molecule has 1 fully saturated rings. The molecule has 1 atom stereocenters. The molecule has 116 valence electrons. The van der Waals surface area contributed by atoms with Crippen LogP contribution in [0.5, 0.6) is 5.75 Å². The van der Waals surface area contributed by atoms with E-state index in [1.54, 1.807) is 18.2 Å². The molecule has 6 heteroatoms. The third-order valence-electron chi connectivity index (χ3n) is 3.46. The van der Waals surface area contributed by atoms with E-state index < -0.39 is 0 Å². The molecule has 0 N–H and O–H groups in total. The molecule has 4 nitrogen and oxygen atoms in total. The molecular weight excluding hydrogens is 313 g/mol. The highest BCUT2D eigenvalue weighted by atomic mass is 35.5. The first kappa shape index (κ1) is 16.4. The van der Waals surface area contributed by atoms with Crippen LogP contribution in [0.3, 0.4) is 0 Å². The molecule has 21 heavy (non-hydrogen) atoms.